The molecule has 4 saturated heterocycles. The van der Waals surface area contributed by atoms with Crippen molar-refractivity contribution >= 4 is 11.8 Å². The summed E-state index contributed by atoms with van der Waals surface area (Å²) in [5.41, 5.74) is -1.03. The number of epoxide rings is 4. The van der Waals surface area contributed by atoms with Crippen molar-refractivity contribution in [3.8, 4) is 0 Å². The third-order valence-electron chi connectivity index (χ3n) is 5.91. The summed E-state index contributed by atoms with van der Waals surface area (Å²) in [5.74, 6) is -0.0472. The molecule has 4 atom stereocenters. The smallest absolute Gasteiger partial charge is 0.223 e. The van der Waals surface area contributed by atoms with Gasteiger partial charge in [0.05, 0.1) is 52.6 Å². The van der Waals surface area contributed by atoms with Crippen LogP contribution in [0.15, 0.2) is 0 Å². The highest BCUT2D eigenvalue weighted by molar-refractivity contribution is 5.84. The Balaban J connectivity index is 1.32. The number of nitrogens with zero attached hydrogens (tertiary/aromatic N) is 2. The fraction of sp³-hybridized carbons (Fsp3) is 0.900. The third-order valence-corrected chi connectivity index (χ3v) is 5.91. The van der Waals surface area contributed by atoms with Crippen LogP contribution in [0.5, 0.6) is 0 Å². The summed E-state index contributed by atoms with van der Waals surface area (Å²) in [6.07, 6.45) is 0.382. The molecule has 2 amide bonds. The van der Waals surface area contributed by atoms with Crippen molar-refractivity contribution in [2.75, 3.05) is 52.6 Å². The molecule has 4 aliphatic heterocycles. The summed E-state index contributed by atoms with van der Waals surface area (Å²) in [7, 11) is 0. The number of ether oxygens (including phenoxy) is 4. The average molecular weight is 396 g/mol. The van der Waals surface area contributed by atoms with Crippen molar-refractivity contribution in [2.45, 2.75) is 62.9 Å². The number of hydrogen-bond acceptors (Lipinski definition) is 6. The first-order chi connectivity index (χ1) is 13.0. The van der Waals surface area contributed by atoms with Crippen molar-refractivity contribution in [1.29, 1.82) is 0 Å². The Kier molecular flexibility index (Phi) is 4.77. The number of carbonyl (C=O) groups is 2. The molecule has 0 bridgehead atoms. The van der Waals surface area contributed by atoms with Crippen LogP contribution in [0.1, 0.15) is 40.5 Å². The second-order valence-electron chi connectivity index (χ2n) is 9.95. The molecule has 0 radical (unpaired) electrons. The molecule has 4 unspecified atom stereocenters. The highest BCUT2D eigenvalue weighted by atomic mass is 16.6. The molecule has 8 heteroatoms. The van der Waals surface area contributed by atoms with Gasteiger partial charge in [0, 0.05) is 12.8 Å². The van der Waals surface area contributed by atoms with Crippen molar-refractivity contribution in [3.63, 3.8) is 0 Å². The zero-order chi connectivity index (χ0) is 20.2. The largest absolute Gasteiger partial charge is 0.368 e. The van der Waals surface area contributed by atoms with E-state index in [4.69, 9.17) is 18.9 Å². The monoisotopic (exact) mass is 396 g/mol. The normalized spacial score (nSPS) is 40.0. The Morgan fingerprint density at radius 3 is 1.00 bits per heavy atom. The molecular weight excluding hydrogens is 364 g/mol. The summed E-state index contributed by atoms with van der Waals surface area (Å²) >= 11 is 0. The van der Waals surface area contributed by atoms with Gasteiger partial charge in [0.2, 0.25) is 11.8 Å². The van der Waals surface area contributed by atoms with E-state index in [2.05, 4.69) is 0 Å². The topological polar surface area (TPSA) is 90.7 Å². The van der Waals surface area contributed by atoms with Crippen LogP contribution in [-0.4, -0.2) is 96.6 Å². The van der Waals surface area contributed by atoms with Crippen LogP contribution in [-0.2, 0) is 28.5 Å². The van der Waals surface area contributed by atoms with Crippen LogP contribution in [0.2, 0.25) is 0 Å². The van der Waals surface area contributed by atoms with E-state index in [0.29, 0.717) is 52.6 Å². The van der Waals surface area contributed by atoms with Gasteiger partial charge in [-0.25, -0.2) is 0 Å². The molecule has 4 aliphatic rings. The van der Waals surface area contributed by atoms with Crippen molar-refractivity contribution in [3.05, 3.63) is 0 Å². The number of rotatable bonds is 11. The molecule has 0 N–H and O–H groups in total. The second-order valence-corrected chi connectivity index (χ2v) is 9.95. The van der Waals surface area contributed by atoms with Gasteiger partial charge >= 0.3 is 0 Å². The molecule has 8 nitrogen and oxygen atoms in total. The Morgan fingerprint density at radius 1 is 0.607 bits per heavy atom. The maximum atomic E-state index is 12.9. The molecule has 0 saturated carbocycles. The number of carbonyl (C=O) groups excluding carboxylic acids is 2. The van der Waals surface area contributed by atoms with Gasteiger partial charge in [-0.15, -0.1) is 0 Å². The SMILES string of the molecule is CC1(CN(CC2(C)CO2)C(=O)CCC(=O)N(CC2(C)CO2)CC2(C)CO2)CO1. The zero-order valence-electron chi connectivity index (χ0n) is 17.4. The fourth-order valence-electron chi connectivity index (χ4n) is 3.47. The van der Waals surface area contributed by atoms with E-state index in [-0.39, 0.29) is 47.1 Å². The summed E-state index contributed by atoms with van der Waals surface area (Å²) in [5, 5.41) is 0. The number of hydrogen-bond donors (Lipinski definition) is 0. The fourth-order valence-corrected chi connectivity index (χ4v) is 3.47. The molecule has 4 heterocycles. The van der Waals surface area contributed by atoms with Crippen LogP contribution < -0.4 is 0 Å². The van der Waals surface area contributed by atoms with Crippen LogP contribution >= 0.6 is 0 Å². The first-order valence-corrected chi connectivity index (χ1v) is 10.1. The molecule has 4 fully saturated rings. The van der Waals surface area contributed by atoms with E-state index >= 15 is 0 Å². The van der Waals surface area contributed by atoms with Crippen LogP contribution in [0, 0.1) is 0 Å². The van der Waals surface area contributed by atoms with Gasteiger partial charge in [0.1, 0.15) is 22.4 Å². The lowest BCUT2D eigenvalue weighted by molar-refractivity contribution is -0.138. The highest BCUT2D eigenvalue weighted by Crippen LogP contribution is 2.33. The van der Waals surface area contributed by atoms with E-state index in [1.54, 1.807) is 9.80 Å². The standard InChI is InChI=1S/C20H32N2O6/c1-17(11-25-17)7-21(8-18(2)12-26-18)15(23)5-6-16(24)22(9-19(3)13-27-19)10-20(4)14-28-20/h5-14H2,1-4H3. The minimum Gasteiger partial charge on any atom is -0.368 e. The van der Waals surface area contributed by atoms with E-state index in [1.807, 2.05) is 27.7 Å². The second kappa shape index (κ2) is 6.65. The molecule has 0 aromatic heterocycles. The van der Waals surface area contributed by atoms with E-state index in [1.165, 1.54) is 0 Å². The molecule has 0 spiro atoms. The van der Waals surface area contributed by atoms with Gasteiger partial charge < -0.3 is 28.7 Å². The first kappa shape index (κ1) is 20.1. The van der Waals surface area contributed by atoms with E-state index in [0.717, 1.165) is 0 Å². The Morgan fingerprint density at radius 2 is 0.821 bits per heavy atom. The predicted molar refractivity (Wildman–Crippen MR) is 99.8 cm³/mol. The molecule has 158 valence electrons. The van der Waals surface area contributed by atoms with Crippen molar-refractivity contribution < 1.29 is 28.5 Å². The summed E-state index contributed by atoms with van der Waals surface area (Å²) in [6.45, 7) is 12.8. The molecule has 0 aromatic rings. The van der Waals surface area contributed by atoms with Gasteiger partial charge in [-0.3, -0.25) is 9.59 Å². The Labute approximate surface area is 166 Å². The third kappa shape index (κ3) is 5.23. The number of amides is 2. The highest BCUT2D eigenvalue weighted by Gasteiger charge is 2.48. The average Bonchev–Trinajstić information content (AvgIpc) is 3.42. The molecule has 28 heavy (non-hydrogen) atoms. The lowest BCUT2D eigenvalue weighted by Gasteiger charge is -2.28. The van der Waals surface area contributed by atoms with Crippen LogP contribution in [0.25, 0.3) is 0 Å². The summed E-state index contributed by atoms with van der Waals surface area (Å²) in [4.78, 5) is 29.3. The van der Waals surface area contributed by atoms with Gasteiger partial charge in [0.15, 0.2) is 0 Å². The molecule has 0 aromatic carbocycles. The predicted octanol–water partition coefficient (Wildman–Crippen LogP) is 0.579. The van der Waals surface area contributed by atoms with Gasteiger partial charge in [-0.1, -0.05) is 0 Å². The van der Waals surface area contributed by atoms with Crippen molar-refractivity contribution in [2.24, 2.45) is 0 Å². The molecule has 4 rings (SSSR count). The minimum atomic E-state index is -0.257. The van der Waals surface area contributed by atoms with Gasteiger partial charge in [0.25, 0.3) is 0 Å². The minimum absolute atomic E-state index is 0.0236. The van der Waals surface area contributed by atoms with E-state index < -0.39 is 0 Å². The Hall–Kier alpha value is -1.22. The summed E-state index contributed by atoms with van der Waals surface area (Å²) in [6, 6.07) is 0. The Bertz CT molecular complexity index is 553. The maximum Gasteiger partial charge on any atom is 0.223 e. The molecule has 0 aliphatic carbocycles. The first-order valence-electron chi connectivity index (χ1n) is 10.1. The van der Waals surface area contributed by atoms with Crippen LogP contribution in [0.3, 0.4) is 0 Å². The quantitative estimate of drug-likeness (QED) is 0.475. The van der Waals surface area contributed by atoms with Gasteiger partial charge in [-0.2, -0.15) is 0 Å². The molecular formula is C20H32N2O6. The van der Waals surface area contributed by atoms with Gasteiger partial charge in [-0.05, 0) is 27.7 Å². The zero-order valence-corrected chi connectivity index (χ0v) is 17.4. The lowest BCUT2D eigenvalue weighted by atomic mass is 10.1. The van der Waals surface area contributed by atoms with Crippen molar-refractivity contribution in [1.82, 2.24) is 9.80 Å². The summed E-state index contributed by atoms with van der Waals surface area (Å²) < 4.78 is 21.8. The lowest BCUT2D eigenvalue weighted by Crippen LogP contribution is -2.45. The van der Waals surface area contributed by atoms with Crippen LogP contribution in [0.4, 0.5) is 0 Å². The maximum absolute atomic E-state index is 12.9. The van der Waals surface area contributed by atoms with E-state index in [9.17, 15) is 9.59 Å².